The van der Waals surface area contributed by atoms with Gasteiger partial charge in [-0.3, -0.25) is 14.6 Å². The topological polar surface area (TPSA) is 44.8 Å². The molecule has 0 atom stereocenters. The zero-order valence-corrected chi connectivity index (χ0v) is 19.0. The Balaban J connectivity index is 1.36. The molecule has 1 aliphatic rings. The lowest BCUT2D eigenvalue weighted by Gasteiger charge is -2.39. The molecule has 32 heavy (non-hydrogen) atoms. The molecule has 3 aromatic rings. The van der Waals surface area contributed by atoms with Crippen LogP contribution < -0.4 is 10.1 Å². The first-order valence-corrected chi connectivity index (χ1v) is 11.2. The molecule has 0 saturated carbocycles. The molecule has 0 unspecified atom stereocenters. The van der Waals surface area contributed by atoms with E-state index in [0.29, 0.717) is 23.0 Å². The minimum Gasteiger partial charge on any atom is -0.495 e. The first kappa shape index (κ1) is 22.3. The standard InChI is InChI=1S/C26H28ClN3O2/c1-32-24-13-12-22(18-23(24)27)28-25(31)19-29-14-16-30(17-15-29)26(20-8-4-2-5-9-20)21-10-6-3-7-11-21/h2-13,18,26H,14-17,19H2,1H3,(H,28,31). The number of hydrogen-bond acceptors (Lipinski definition) is 4. The highest BCUT2D eigenvalue weighted by Gasteiger charge is 2.27. The van der Waals surface area contributed by atoms with Gasteiger partial charge in [0.15, 0.2) is 0 Å². The molecule has 0 spiro atoms. The quantitative estimate of drug-likeness (QED) is 0.568. The Bertz CT molecular complexity index is 982. The van der Waals surface area contributed by atoms with Crippen molar-refractivity contribution >= 4 is 23.2 Å². The number of rotatable bonds is 7. The number of nitrogens with zero attached hydrogens (tertiary/aromatic N) is 2. The van der Waals surface area contributed by atoms with Gasteiger partial charge in [0.05, 0.1) is 24.7 Å². The number of piperazine rings is 1. The van der Waals surface area contributed by atoms with Gasteiger partial charge >= 0.3 is 0 Å². The second-order valence-corrected chi connectivity index (χ2v) is 8.34. The van der Waals surface area contributed by atoms with Gasteiger partial charge in [-0.1, -0.05) is 72.3 Å². The van der Waals surface area contributed by atoms with Gasteiger partial charge < -0.3 is 10.1 Å². The zero-order chi connectivity index (χ0) is 22.3. The minimum atomic E-state index is -0.0395. The fourth-order valence-corrected chi connectivity index (χ4v) is 4.47. The lowest BCUT2D eigenvalue weighted by atomic mass is 9.96. The second-order valence-electron chi connectivity index (χ2n) is 7.93. The predicted molar refractivity (Wildman–Crippen MR) is 129 cm³/mol. The summed E-state index contributed by atoms with van der Waals surface area (Å²) in [5.41, 5.74) is 3.26. The fraction of sp³-hybridized carbons (Fsp3) is 0.269. The Morgan fingerprint density at radius 2 is 1.53 bits per heavy atom. The third-order valence-electron chi connectivity index (χ3n) is 5.81. The van der Waals surface area contributed by atoms with E-state index in [0.717, 1.165) is 26.2 Å². The maximum absolute atomic E-state index is 12.6. The molecule has 1 aliphatic heterocycles. The van der Waals surface area contributed by atoms with E-state index in [1.165, 1.54) is 11.1 Å². The maximum atomic E-state index is 12.6. The van der Waals surface area contributed by atoms with Gasteiger partial charge in [-0.15, -0.1) is 0 Å². The molecular formula is C26H28ClN3O2. The van der Waals surface area contributed by atoms with Gasteiger partial charge in [0.2, 0.25) is 5.91 Å². The number of ether oxygens (including phenoxy) is 1. The Kier molecular flexibility index (Phi) is 7.43. The highest BCUT2D eigenvalue weighted by atomic mass is 35.5. The van der Waals surface area contributed by atoms with Crippen LogP contribution in [0, 0.1) is 0 Å². The highest BCUT2D eigenvalue weighted by Crippen LogP contribution is 2.30. The fourth-order valence-electron chi connectivity index (χ4n) is 4.21. The van der Waals surface area contributed by atoms with Crippen molar-refractivity contribution in [3.63, 3.8) is 0 Å². The van der Waals surface area contributed by atoms with Crippen LogP contribution in [0.15, 0.2) is 78.9 Å². The van der Waals surface area contributed by atoms with Crippen LogP contribution in [-0.2, 0) is 4.79 Å². The van der Waals surface area contributed by atoms with Crippen molar-refractivity contribution in [2.24, 2.45) is 0 Å². The van der Waals surface area contributed by atoms with Crippen LogP contribution in [0.1, 0.15) is 17.2 Å². The van der Waals surface area contributed by atoms with E-state index < -0.39 is 0 Å². The predicted octanol–water partition coefficient (Wildman–Crippen LogP) is 4.69. The number of amides is 1. The van der Waals surface area contributed by atoms with Gasteiger partial charge in [0, 0.05) is 31.9 Å². The molecule has 1 amide bonds. The van der Waals surface area contributed by atoms with Gasteiger partial charge in [-0.05, 0) is 29.3 Å². The summed E-state index contributed by atoms with van der Waals surface area (Å²) in [6.45, 7) is 3.84. The van der Waals surface area contributed by atoms with E-state index in [-0.39, 0.29) is 11.9 Å². The number of benzene rings is 3. The average Bonchev–Trinajstić information content (AvgIpc) is 2.82. The van der Waals surface area contributed by atoms with E-state index in [1.54, 1.807) is 25.3 Å². The van der Waals surface area contributed by atoms with Gasteiger partial charge in [0.1, 0.15) is 5.75 Å². The van der Waals surface area contributed by atoms with E-state index >= 15 is 0 Å². The molecule has 1 N–H and O–H groups in total. The number of methoxy groups -OCH3 is 1. The van der Waals surface area contributed by atoms with Crippen molar-refractivity contribution in [1.82, 2.24) is 9.80 Å². The number of anilines is 1. The zero-order valence-electron chi connectivity index (χ0n) is 18.2. The maximum Gasteiger partial charge on any atom is 0.238 e. The van der Waals surface area contributed by atoms with Gasteiger partial charge in [-0.2, -0.15) is 0 Å². The molecule has 166 valence electrons. The van der Waals surface area contributed by atoms with E-state index in [1.807, 2.05) is 0 Å². The lowest BCUT2D eigenvalue weighted by molar-refractivity contribution is -0.117. The van der Waals surface area contributed by atoms with E-state index in [2.05, 4.69) is 75.8 Å². The van der Waals surface area contributed by atoms with Crippen LogP contribution in [0.25, 0.3) is 0 Å². The largest absolute Gasteiger partial charge is 0.495 e. The van der Waals surface area contributed by atoms with E-state index in [4.69, 9.17) is 16.3 Å². The third kappa shape index (κ3) is 5.49. The molecule has 6 heteroatoms. The summed E-state index contributed by atoms with van der Waals surface area (Å²) in [6.07, 6.45) is 0. The van der Waals surface area contributed by atoms with Crippen molar-refractivity contribution in [3.05, 3.63) is 95.0 Å². The summed E-state index contributed by atoms with van der Waals surface area (Å²) < 4.78 is 5.16. The summed E-state index contributed by atoms with van der Waals surface area (Å²) in [5.74, 6) is 0.550. The van der Waals surface area contributed by atoms with Crippen LogP contribution in [0.3, 0.4) is 0 Å². The average molecular weight is 450 g/mol. The second kappa shape index (κ2) is 10.6. The Morgan fingerprint density at radius 1 is 0.938 bits per heavy atom. The van der Waals surface area contributed by atoms with Crippen molar-refractivity contribution in [1.29, 1.82) is 0 Å². The number of hydrogen-bond donors (Lipinski definition) is 1. The minimum absolute atomic E-state index is 0.0395. The monoisotopic (exact) mass is 449 g/mol. The normalized spacial score (nSPS) is 15.0. The summed E-state index contributed by atoms with van der Waals surface area (Å²) in [4.78, 5) is 17.3. The lowest BCUT2D eigenvalue weighted by Crippen LogP contribution is -2.49. The molecule has 0 aromatic heterocycles. The Morgan fingerprint density at radius 3 is 2.06 bits per heavy atom. The summed E-state index contributed by atoms with van der Waals surface area (Å²) >= 11 is 6.16. The molecular weight excluding hydrogens is 422 g/mol. The molecule has 1 saturated heterocycles. The highest BCUT2D eigenvalue weighted by molar-refractivity contribution is 6.32. The van der Waals surface area contributed by atoms with Crippen molar-refractivity contribution in [2.75, 3.05) is 45.2 Å². The Labute approximate surface area is 194 Å². The van der Waals surface area contributed by atoms with Crippen LogP contribution in [0.5, 0.6) is 5.75 Å². The summed E-state index contributed by atoms with van der Waals surface area (Å²) in [6, 6.07) is 26.7. The number of carbonyl (C=O) groups excluding carboxylic acids is 1. The first-order chi connectivity index (χ1) is 15.6. The van der Waals surface area contributed by atoms with Gasteiger partial charge in [-0.25, -0.2) is 0 Å². The van der Waals surface area contributed by atoms with E-state index in [9.17, 15) is 4.79 Å². The summed E-state index contributed by atoms with van der Waals surface area (Å²) in [5, 5.41) is 3.41. The van der Waals surface area contributed by atoms with Crippen molar-refractivity contribution < 1.29 is 9.53 Å². The van der Waals surface area contributed by atoms with Gasteiger partial charge in [0.25, 0.3) is 0 Å². The van der Waals surface area contributed by atoms with Crippen molar-refractivity contribution in [3.8, 4) is 5.75 Å². The molecule has 0 bridgehead atoms. The number of carbonyl (C=O) groups is 1. The Hall–Kier alpha value is -2.86. The molecule has 4 rings (SSSR count). The molecule has 1 heterocycles. The van der Waals surface area contributed by atoms with Crippen LogP contribution in [0.4, 0.5) is 5.69 Å². The molecule has 5 nitrogen and oxygen atoms in total. The van der Waals surface area contributed by atoms with Crippen LogP contribution in [-0.4, -0.2) is 55.5 Å². The molecule has 0 aliphatic carbocycles. The van der Waals surface area contributed by atoms with Crippen LogP contribution in [0.2, 0.25) is 5.02 Å². The smallest absolute Gasteiger partial charge is 0.238 e. The van der Waals surface area contributed by atoms with Crippen molar-refractivity contribution in [2.45, 2.75) is 6.04 Å². The first-order valence-electron chi connectivity index (χ1n) is 10.8. The summed E-state index contributed by atoms with van der Waals surface area (Å²) in [7, 11) is 1.57. The molecule has 3 aromatic carbocycles. The molecule has 0 radical (unpaired) electrons. The van der Waals surface area contributed by atoms with Crippen LogP contribution >= 0.6 is 11.6 Å². The SMILES string of the molecule is COc1ccc(NC(=O)CN2CCN(C(c3ccccc3)c3ccccc3)CC2)cc1Cl. The number of halogens is 1. The number of nitrogens with one attached hydrogen (secondary N) is 1. The molecule has 1 fully saturated rings. The third-order valence-corrected chi connectivity index (χ3v) is 6.10.